The molecule has 198 valence electrons. The molecule has 2 aromatic carbocycles. The number of hydrogen-bond donors (Lipinski definition) is 1. The van der Waals surface area contributed by atoms with Crippen molar-refractivity contribution in [1.82, 2.24) is 9.80 Å². The van der Waals surface area contributed by atoms with Gasteiger partial charge >= 0.3 is 0 Å². The molecular formula is C32H43N3O2. The van der Waals surface area contributed by atoms with E-state index in [9.17, 15) is 9.59 Å². The highest BCUT2D eigenvalue weighted by atomic mass is 16.2. The molecule has 0 bridgehead atoms. The van der Waals surface area contributed by atoms with E-state index in [1.165, 1.54) is 11.1 Å². The molecule has 1 saturated carbocycles. The number of anilines is 1. The number of carbonyl (C=O) groups is 2. The van der Waals surface area contributed by atoms with Crippen LogP contribution in [0.4, 0.5) is 5.69 Å². The van der Waals surface area contributed by atoms with Crippen LogP contribution in [0.3, 0.4) is 0 Å². The van der Waals surface area contributed by atoms with Gasteiger partial charge in [-0.25, -0.2) is 0 Å². The van der Waals surface area contributed by atoms with Gasteiger partial charge in [0.15, 0.2) is 0 Å². The smallest absolute Gasteiger partial charge is 0.227 e. The Morgan fingerprint density at radius 3 is 2.27 bits per heavy atom. The van der Waals surface area contributed by atoms with Crippen LogP contribution in [0.15, 0.2) is 54.6 Å². The summed E-state index contributed by atoms with van der Waals surface area (Å²) in [5, 5.41) is 3.13. The van der Waals surface area contributed by atoms with E-state index in [1.807, 2.05) is 0 Å². The Balaban J connectivity index is 1.30. The predicted molar refractivity (Wildman–Crippen MR) is 149 cm³/mol. The van der Waals surface area contributed by atoms with Gasteiger partial charge in [-0.2, -0.15) is 0 Å². The van der Waals surface area contributed by atoms with Crippen LogP contribution in [-0.4, -0.2) is 47.8 Å². The summed E-state index contributed by atoms with van der Waals surface area (Å²) in [6.07, 6.45) is 3.83. The molecule has 0 aromatic heterocycles. The van der Waals surface area contributed by atoms with Crippen LogP contribution in [0.1, 0.15) is 70.4 Å². The van der Waals surface area contributed by atoms with Gasteiger partial charge in [-0.05, 0) is 47.9 Å². The highest BCUT2D eigenvalue weighted by Gasteiger charge is 2.59. The molecule has 2 saturated heterocycles. The second-order valence-corrected chi connectivity index (χ2v) is 12.5. The van der Waals surface area contributed by atoms with Crippen LogP contribution in [0.2, 0.25) is 0 Å². The van der Waals surface area contributed by atoms with E-state index in [-0.39, 0.29) is 28.6 Å². The highest BCUT2D eigenvalue weighted by molar-refractivity contribution is 5.92. The number of nitrogens with zero attached hydrogens (tertiary/aromatic N) is 2. The van der Waals surface area contributed by atoms with Crippen LogP contribution in [0, 0.1) is 22.7 Å². The maximum Gasteiger partial charge on any atom is 0.227 e. The summed E-state index contributed by atoms with van der Waals surface area (Å²) < 4.78 is 0. The molecule has 2 amide bonds. The molecule has 0 radical (unpaired) electrons. The third-order valence-corrected chi connectivity index (χ3v) is 9.18. The van der Waals surface area contributed by atoms with Gasteiger partial charge in [-0.1, -0.05) is 76.6 Å². The fourth-order valence-electron chi connectivity index (χ4n) is 6.70. The summed E-state index contributed by atoms with van der Waals surface area (Å²) in [5.74, 6) is 1.13. The first kappa shape index (κ1) is 26.0. The second-order valence-electron chi connectivity index (χ2n) is 12.5. The highest BCUT2D eigenvalue weighted by Crippen LogP contribution is 2.55. The molecule has 1 aliphatic carbocycles. The van der Waals surface area contributed by atoms with Gasteiger partial charge in [0, 0.05) is 61.6 Å². The fraction of sp³-hybridized carbons (Fsp3) is 0.562. The van der Waals surface area contributed by atoms with Crippen molar-refractivity contribution < 1.29 is 9.59 Å². The molecule has 5 nitrogen and oxygen atoms in total. The van der Waals surface area contributed by atoms with Gasteiger partial charge in [-0.15, -0.1) is 0 Å². The zero-order chi connectivity index (χ0) is 26.2. The zero-order valence-electron chi connectivity index (χ0n) is 23.0. The zero-order valence-corrected chi connectivity index (χ0v) is 23.0. The molecule has 1 N–H and O–H groups in total. The molecule has 2 aromatic rings. The first-order chi connectivity index (χ1) is 17.7. The molecule has 3 fully saturated rings. The van der Waals surface area contributed by atoms with Crippen LogP contribution in [-0.2, 0) is 16.1 Å². The topological polar surface area (TPSA) is 52.7 Å². The summed E-state index contributed by atoms with van der Waals surface area (Å²) in [5.41, 5.74) is 3.79. The quantitative estimate of drug-likeness (QED) is 0.464. The molecular weight excluding hydrogens is 458 g/mol. The van der Waals surface area contributed by atoms with E-state index in [2.05, 4.69) is 97.4 Å². The summed E-state index contributed by atoms with van der Waals surface area (Å²) >= 11 is 0. The maximum absolute atomic E-state index is 13.1. The molecule has 1 spiro atoms. The predicted octanol–water partition coefficient (Wildman–Crippen LogP) is 5.93. The van der Waals surface area contributed by atoms with E-state index in [4.69, 9.17) is 0 Å². The second kappa shape index (κ2) is 10.2. The van der Waals surface area contributed by atoms with Crippen LogP contribution in [0.25, 0.3) is 0 Å². The SMILES string of the molecule is CCCC(CC)C(=O)Nc1ccc(C2CN(Cc3ccccc3)CC23CN(C(=O)C2CC2(C)C)C3)cc1. The van der Waals surface area contributed by atoms with Crippen molar-refractivity contribution in [1.29, 1.82) is 0 Å². The third-order valence-electron chi connectivity index (χ3n) is 9.18. The Kier molecular flexibility index (Phi) is 7.19. The fourth-order valence-corrected chi connectivity index (χ4v) is 6.70. The van der Waals surface area contributed by atoms with Crippen LogP contribution in [0.5, 0.6) is 0 Å². The Labute approximate surface area is 222 Å². The molecule has 2 aliphatic heterocycles. The number of hydrogen-bond acceptors (Lipinski definition) is 3. The molecule has 5 heteroatoms. The van der Waals surface area contributed by atoms with Crippen LogP contribution >= 0.6 is 0 Å². The van der Waals surface area contributed by atoms with Gasteiger partial charge < -0.3 is 10.2 Å². The van der Waals surface area contributed by atoms with E-state index in [0.29, 0.717) is 11.8 Å². The Hall–Kier alpha value is -2.66. The average Bonchev–Trinajstić information content (AvgIpc) is 3.34. The first-order valence-corrected chi connectivity index (χ1v) is 14.2. The number of benzene rings is 2. The summed E-state index contributed by atoms with van der Waals surface area (Å²) in [4.78, 5) is 30.5. The normalized spacial score (nSPS) is 24.5. The lowest BCUT2D eigenvalue weighted by Crippen LogP contribution is -2.62. The largest absolute Gasteiger partial charge is 0.341 e. The number of likely N-dealkylation sites (tertiary alicyclic amines) is 2. The monoisotopic (exact) mass is 501 g/mol. The first-order valence-electron chi connectivity index (χ1n) is 14.2. The molecule has 3 aliphatic rings. The molecule has 5 rings (SSSR count). The minimum Gasteiger partial charge on any atom is -0.341 e. The van der Waals surface area contributed by atoms with Crippen molar-refractivity contribution in [3.8, 4) is 0 Å². The number of carbonyl (C=O) groups excluding carboxylic acids is 2. The van der Waals surface area contributed by atoms with E-state index >= 15 is 0 Å². The van der Waals surface area contributed by atoms with E-state index in [0.717, 1.165) is 64.1 Å². The van der Waals surface area contributed by atoms with E-state index < -0.39 is 0 Å². The van der Waals surface area contributed by atoms with Gasteiger partial charge in [0.05, 0.1) is 0 Å². The van der Waals surface area contributed by atoms with Crippen molar-refractivity contribution in [2.24, 2.45) is 22.7 Å². The summed E-state index contributed by atoms with van der Waals surface area (Å²) in [7, 11) is 0. The molecule has 37 heavy (non-hydrogen) atoms. The number of rotatable bonds is 9. The standard InChI is InChI=1S/C32H43N3O2/c1-5-10-24(6-2)29(36)33-26-15-13-25(14-16-26)28-19-34(18-23-11-8-7-9-12-23)20-32(28)21-35(22-32)30(37)27-17-31(27,3)4/h7-9,11-16,24,27-28H,5-6,10,17-22H2,1-4H3,(H,33,36). The minimum atomic E-state index is 0.0734. The average molecular weight is 502 g/mol. The van der Waals surface area contributed by atoms with Crippen molar-refractivity contribution >= 4 is 17.5 Å². The third kappa shape index (κ3) is 5.34. The van der Waals surface area contributed by atoms with Gasteiger partial charge in [-0.3, -0.25) is 14.5 Å². The summed E-state index contributed by atoms with van der Waals surface area (Å²) in [6, 6.07) is 19.2. The van der Waals surface area contributed by atoms with E-state index in [1.54, 1.807) is 0 Å². The number of nitrogens with one attached hydrogen (secondary N) is 1. The lowest BCUT2D eigenvalue weighted by Gasteiger charge is -2.51. The van der Waals surface area contributed by atoms with Gasteiger partial charge in [0.1, 0.15) is 0 Å². The lowest BCUT2D eigenvalue weighted by atomic mass is 9.68. The Morgan fingerprint density at radius 1 is 1.00 bits per heavy atom. The maximum atomic E-state index is 13.1. The van der Waals surface area contributed by atoms with Gasteiger partial charge in [0.2, 0.25) is 11.8 Å². The Morgan fingerprint density at radius 2 is 1.68 bits per heavy atom. The molecule has 2 heterocycles. The molecule has 3 atom stereocenters. The van der Waals surface area contributed by atoms with Crippen LogP contribution < -0.4 is 5.32 Å². The van der Waals surface area contributed by atoms with Crippen molar-refractivity contribution in [2.75, 3.05) is 31.5 Å². The summed E-state index contributed by atoms with van der Waals surface area (Å²) in [6.45, 7) is 13.3. The number of amides is 2. The Bertz CT molecular complexity index is 1100. The molecule has 3 unspecified atom stereocenters. The van der Waals surface area contributed by atoms with Crippen molar-refractivity contribution in [2.45, 2.75) is 65.8 Å². The van der Waals surface area contributed by atoms with Gasteiger partial charge in [0.25, 0.3) is 0 Å². The van der Waals surface area contributed by atoms with Crippen molar-refractivity contribution in [3.63, 3.8) is 0 Å². The lowest BCUT2D eigenvalue weighted by molar-refractivity contribution is -0.145. The minimum absolute atomic E-state index is 0.0734. The van der Waals surface area contributed by atoms with Crippen molar-refractivity contribution in [3.05, 3.63) is 65.7 Å².